The zero-order chi connectivity index (χ0) is 9.68. The van der Waals surface area contributed by atoms with Crippen LogP contribution in [0, 0.1) is 0 Å². The van der Waals surface area contributed by atoms with Crippen LogP contribution in [0.25, 0.3) is 0 Å². The molecule has 70 valence electrons. The SMILES string of the molecule is C=CCN(C)c1ncccc1CCl. The highest BCUT2D eigenvalue weighted by Crippen LogP contribution is 2.17. The van der Waals surface area contributed by atoms with Crippen molar-refractivity contribution in [3.05, 3.63) is 36.5 Å². The van der Waals surface area contributed by atoms with Gasteiger partial charge >= 0.3 is 0 Å². The molecule has 0 bridgehead atoms. The van der Waals surface area contributed by atoms with E-state index in [4.69, 9.17) is 11.6 Å². The second-order valence-electron chi connectivity index (χ2n) is 2.79. The fourth-order valence-corrected chi connectivity index (χ4v) is 1.37. The summed E-state index contributed by atoms with van der Waals surface area (Å²) >= 11 is 5.78. The number of likely N-dealkylation sites (N-methyl/N-ethyl adjacent to an activating group) is 1. The highest BCUT2D eigenvalue weighted by Gasteiger charge is 2.05. The van der Waals surface area contributed by atoms with Gasteiger partial charge in [0.25, 0.3) is 0 Å². The molecule has 0 spiro atoms. The largest absolute Gasteiger partial charge is 0.356 e. The van der Waals surface area contributed by atoms with E-state index in [0.717, 1.165) is 17.9 Å². The molecule has 1 rings (SSSR count). The molecule has 0 amide bonds. The lowest BCUT2D eigenvalue weighted by atomic mass is 10.3. The lowest BCUT2D eigenvalue weighted by molar-refractivity contribution is 0.976. The van der Waals surface area contributed by atoms with Crippen LogP contribution in [0.5, 0.6) is 0 Å². The van der Waals surface area contributed by atoms with Crippen molar-refractivity contribution in [3.63, 3.8) is 0 Å². The third kappa shape index (κ3) is 2.46. The number of hydrogen-bond donors (Lipinski definition) is 0. The summed E-state index contributed by atoms with van der Waals surface area (Å²) in [6.45, 7) is 4.46. The minimum absolute atomic E-state index is 0.491. The van der Waals surface area contributed by atoms with Crippen LogP contribution in [0.1, 0.15) is 5.56 Å². The van der Waals surface area contributed by atoms with E-state index >= 15 is 0 Å². The van der Waals surface area contributed by atoms with Gasteiger partial charge in [0.15, 0.2) is 0 Å². The number of alkyl halides is 1. The second-order valence-corrected chi connectivity index (χ2v) is 3.06. The average Bonchev–Trinajstić information content (AvgIpc) is 2.18. The minimum atomic E-state index is 0.491. The van der Waals surface area contributed by atoms with Crippen molar-refractivity contribution in [1.82, 2.24) is 4.98 Å². The maximum Gasteiger partial charge on any atom is 0.132 e. The normalized spacial score (nSPS) is 9.69. The Morgan fingerprint density at radius 3 is 3.08 bits per heavy atom. The molecule has 0 radical (unpaired) electrons. The highest BCUT2D eigenvalue weighted by molar-refractivity contribution is 6.17. The van der Waals surface area contributed by atoms with Gasteiger partial charge in [0.05, 0.1) is 5.88 Å². The topological polar surface area (TPSA) is 16.1 Å². The van der Waals surface area contributed by atoms with Crippen LogP contribution in [0.15, 0.2) is 31.0 Å². The molecule has 0 N–H and O–H groups in total. The van der Waals surface area contributed by atoms with Gasteiger partial charge in [-0.25, -0.2) is 4.98 Å². The fourth-order valence-electron chi connectivity index (χ4n) is 1.16. The first-order valence-corrected chi connectivity index (χ1v) is 4.65. The second kappa shape index (κ2) is 4.87. The Hall–Kier alpha value is -1.02. The molecule has 0 fully saturated rings. The molecule has 0 unspecified atom stereocenters. The van der Waals surface area contributed by atoms with E-state index in [1.807, 2.05) is 30.2 Å². The molecular formula is C10H13ClN2. The van der Waals surface area contributed by atoms with Crippen molar-refractivity contribution in [1.29, 1.82) is 0 Å². The van der Waals surface area contributed by atoms with Crippen molar-refractivity contribution in [2.24, 2.45) is 0 Å². The van der Waals surface area contributed by atoms with Crippen molar-refractivity contribution < 1.29 is 0 Å². The molecule has 0 saturated heterocycles. The van der Waals surface area contributed by atoms with Crippen LogP contribution in [0.2, 0.25) is 0 Å². The van der Waals surface area contributed by atoms with Gasteiger partial charge < -0.3 is 4.90 Å². The van der Waals surface area contributed by atoms with E-state index in [1.165, 1.54) is 0 Å². The molecule has 3 heteroatoms. The predicted octanol–water partition coefficient (Wildman–Crippen LogP) is 2.44. The van der Waals surface area contributed by atoms with Crippen molar-refractivity contribution in [2.45, 2.75) is 5.88 Å². The third-order valence-corrected chi connectivity index (χ3v) is 2.06. The molecular weight excluding hydrogens is 184 g/mol. The number of pyridine rings is 1. The molecule has 0 aliphatic rings. The fraction of sp³-hybridized carbons (Fsp3) is 0.300. The van der Waals surface area contributed by atoms with Crippen molar-refractivity contribution >= 4 is 17.4 Å². The summed E-state index contributed by atoms with van der Waals surface area (Å²) in [4.78, 5) is 6.28. The Kier molecular flexibility index (Phi) is 3.77. The summed E-state index contributed by atoms with van der Waals surface area (Å²) in [6, 6.07) is 3.87. The summed E-state index contributed by atoms with van der Waals surface area (Å²) in [5.41, 5.74) is 1.05. The number of hydrogen-bond acceptors (Lipinski definition) is 2. The van der Waals surface area contributed by atoms with Gasteiger partial charge in [-0.1, -0.05) is 12.1 Å². The molecule has 1 aromatic heterocycles. The Morgan fingerprint density at radius 1 is 1.69 bits per heavy atom. The molecule has 1 aromatic rings. The summed E-state index contributed by atoms with van der Waals surface area (Å²) in [5, 5.41) is 0. The van der Waals surface area contributed by atoms with Crippen molar-refractivity contribution in [2.75, 3.05) is 18.5 Å². The average molecular weight is 197 g/mol. The third-order valence-electron chi connectivity index (χ3n) is 1.78. The first-order chi connectivity index (χ1) is 6.29. The minimum Gasteiger partial charge on any atom is -0.356 e. The predicted molar refractivity (Wildman–Crippen MR) is 57.3 cm³/mol. The summed E-state index contributed by atoms with van der Waals surface area (Å²) in [7, 11) is 1.97. The van der Waals surface area contributed by atoms with Gasteiger partial charge in [-0.15, -0.1) is 18.2 Å². The zero-order valence-electron chi connectivity index (χ0n) is 7.70. The van der Waals surface area contributed by atoms with E-state index in [0.29, 0.717) is 5.88 Å². The number of anilines is 1. The lowest BCUT2D eigenvalue weighted by Crippen LogP contribution is -2.19. The Labute approximate surface area is 83.8 Å². The quantitative estimate of drug-likeness (QED) is 0.543. The van der Waals surface area contributed by atoms with Gasteiger partial charge in [0, 0.05) is 25.4 Å². The van der Waals surface area contributed by atoms with Crippen LogP contribution < -0.4 is 4.90 Å². The van der Waals surface area contributed by atoms with Crippen LogP contribution in [-0.2, 0) is 5.88 Å². The van der Waals surface area contributed by atoms with Crippen LogP contribution in [0.3, 0.4) is 0 Å². The lowest BCUT2D eigenvalue weighted by Gasteiger charge is -2.18. The molecule has 13 heavy (non-hydrogen) atoms. The van der Waals surface area contributed by atoms with E-state index in [1.54, 1.807) is 6.20 Å². The number of aromatic nitrogens is 1. The van der Waals surface area contributed by atoms with Crippen molar-refractivity contribution in [3.8, 4) is 0 Å². The maximum atomic E-state index is 5.78. The van der Waals surface area contributed by atoms with Gasteiger partial charge in [0.2, 0.25) is 0 Å². The zero-order valence-corrected chi connectivity index (χ0v) is 8.46. The standard InChI is InChI=1S/C10H13ClN2/c1-3-7-13(2)10-9(8-11)5-4-6-12-10/h3-6H,1,7-8H2,2H3. The van der Waals surface area contributed by atoms with Gasteiger partial charge in [0.1, 0.15) is 5.82 Å². The monoisotopic (exact) mass is 196 g/mol. The van der Waals surface area contributed by atoms with Crippen LogP contribution in [0.4, 0.5) is 5.82 Å². The number of nitrogens with zero attached hydrogens (tertiary/aromatic N) is 2. The maximum absolute atomic E-state index is 5.78. The van der Waals surface area contributed by atoms with Gasteiger partial charge in [-0.2, -0.15) is 0 Å². The molecule has 0 saturated carbocycles. The van der Waals surface area contributed by atoms with E-state index in [2.05, 4.69) is 11.6 Å². The first-order valence-electron chi connectivity index (χ1n) is 4.11. The van der Waals surface area contributed by atoms with E-state index < -0.39 is 0 Å². The first kappa shape index (κ1) is 10.1. The highest BCUT2D eigenvalue weighted by atomic mass is 35.5. The summed E-state index contributed by atoms with van der Waals surface area (Å²) in [6.07, 6.45) is 3.61. The van der Waals surface area contributed by atoms with Crippen LogP contribution >= 0.6 is 11.6 Å². The molecule has 2 nitrogen and oxygen atoms in total. The molecule has 0 atom stereocenters. The Morgan fingerprint density at radius 2 is 2.46 bits per heavy atom. The van der Waals surface area contributed by atoms with E-state index in [9.17, 15) is 0 Å². The van der Waals surface area contributed by atoms with Gasteiger partial charge in [-0.3, -0.25) is 0 Å². The molecule has 0 aliphatic heterocycles. The summed E-state index contributed by atoms with van der Waals surface area (Å²) in [5.74, 6) is 1.42. The smallest absolute Gasteiger partial charge is 0.132 e. The Bertz CT molecular complexity index is 286. The van der Waals surface area contributed by atoms with Gasteiger partial charge in [-0.05, 0) is 6.07 Å². The Balaban J connectivity index is 2.91. The number of rotatable bonds is 4. The molecule has 0 aromatic carbocycles. The molecule has 0 aliphatic carbocycles. The molecule has 1 heterocycles. The summed E-state index contributed by atoms with van der Waals surface area (Å²) < 4.78 is 0. The van der Waals surface area contributed by atoms with E-state index in [-0.39, 0.29) is 0 Å². The number of halogens is 1. The van der Waals surface area contributed by atoms with Crippen LogP contribution in [-0.4, -0.2) is 18.6 Å².